The average Bonchev–Trinajstić information content (AvgIpc) is 3.03. The molecule has 5 rings (SSSR count). The Kier molecular flexibility index (Phi) is 9.18. The molecule has 2 N–H and O–H groups in total. The second-order valence-corrected chi connectivity index (χ2v) is 10.1. The van der Waals surface area contributed by atoms with Crippen LogP contribution in [0.3, 0.4) is 0 Å². The lowest BCUT2D eigenvalue weighted by molar-refractivity contribution is -0.143. The van der Waals surface area contributed by atoms with Gasteiger partial charge in [0.1, 0.15) is 0 Å². The molecule has 0 aliphatic carbocycles. The molecule has 0 bridgehead atoms. The Balaban J connectivity index is 1.47. The minimum atomic E-state index is -0.282. The Morgan fingerprint density at radius 2 is 1.67 bits per heavy atom. The lowest BCUT2D eigenvalue weighted by atomic mass is 9.99. The Hall–Kier alpha value is -5.35. The van der Waals surface area contributed by atoms with Crippen molar-refractivity contribution < 1.29 is 19.1 Å². The van der Waals surface area contributed by atoms with Gasteiger partial charge in [0.2, 0.25) is 0 Å². The number of fused-ring (bicyclic) bond motifs is 1. The van der Waals surface area contributed by atoms with Gasteiger partial charge in [-0.25, -0.2) is 0 Å². The fourth-order valence-corrected chi connectivity index (χ4v) is 5.06. The smallest absolute Gasteiger partial charge is 0.306 e. The molecule has 1 aliphatic heterocycles. The molecule has 216 valence electrons. The first-order valence-corrected chi connectivity index (χ1v) is 14.3. The molecule has 43 heavy (non-hydrogen) atoms. The van der Waals surface area contributed by atoms with E-state index < -0.39 is 0 Å². The molecule has 0 saturated carbocycles. The highest BCUT2D eigenvalue weighted by atomic mass is 16.5. The third-order valence-electron chi connectivity index (χ3n) is 7.24. The molecule has 1 heterocycles. The van der Waals surface area contributed by atoms with Crippen LogP contribution in [-0.4, -0.2) is 41.9 Å². The molecule has 7 heteroatoms. The first-order chi connectivity index (χ1) is 21.0. The third kappa shape index (κ3) is 6.77. The lowest BCUT2D eigenvalue weighted by Crippen LogP contribution is -2.47. The maximum Gasteiger partial charge on any atom is 0.306 e. The van der Waals surface area contributed by atoms with Crippen molar-refractivity contribution in [3.05, 3.63) is 125 Å². The SMILES string of the molecule is CCOC(=O)CCc1cccc(C#CCN2C(=O)c3ccccc3NC2C)c1Nc1ccccc1C(=O)c1ccccc1. The molecule has 4 aromatic carbocycles. The van der Waals surface area contributed by atoms with Crippen molar-refractivity contribution in [1.82, 2.24) is 4.90 Å². The summed E-state index contributed by atoms with van der Waals surface area (Å²) in [6.07, 6.45) is 0.406. The summed E-state index contributed by atoms with van der Waals surface area (Å²) in [6, 6.07) is 29.6. The average molecular weight is 572 g/mol. The van der Waals surface area contributed by atoms with E-state index in [0.717, 1.165) is 11.3 Å². The van der Waals surface area contributed by atoms with Gasteiger partial charge in [-0.05, 0) is 56.2 Å². The fourth-order valence-electron chi connectivity index (χ4n) is 5.06. The molecule has 4 aromatic rings. The standard InChI is InChI=1S/C36H33N3O4/c1-3-43-33(40)23-22-27-16-11-15-26(17-12-24-39-25(2)37-32-21-10-8-19-30(32)36(39)42)34(27)38-31-20-9-7-18-29(31)35(41)28-13-5-4-6-14-28/h4-11,13-16,18-21,25,37-38H,3,22-24H2,1-2H3. The normalized spacial score (nSPS) is 13.7. The monoisotopic (exact) mass is 571 g/mol. The summed E-state index contributed by atoms with van der Waals surface area (Å²) in [5, 5.41) is 6.83. The van der Waals surface area contributed by atoms with Crippen LogP contribution >= 0.6 is 0 Å². The second kappa shape index (κ2) is 13.5. The molecule has 0 saturated heterocycles. The number of hydrogen-bond acceptors (Lipinski definition) is 6. The van der Waals surface area contributed by atoms with Crippen molar-refractivity contribution in [1.29, 1.82) is 0 Å². The van der Waals surface area contributed by atoms with E-state index in [1.54, 1.807) is 36.1 Å². The Morgan fingerprint density at radius 1 is 0.930 bits per heavy atom. The maximum absolute atomic E-state index is 13.4. The summed E-state index contributed by atoms with van der Waals surface area (Å²) >= 11 is 0. The predicted octanol–water partition coefficient (Wildman–Crippen LogP) is 6.42. The molecule has 1 aliphatic rings. The maximum atomic E-state index is 13.4. The van der Waals surface area contributed by atoms with E-state index >= 15 is 0 Å². The molecule has 0 aromatic heterocycles. The number of amides is 1. The third-order valence-corrected chi connectivity index (χ3v) is 7.24. The van der Waals surface area contributed by atoms with Gasteiger partial charge in [-0.1, -0.05) is 78.6 Å². The first-order valence-electron chi connectivity index (χ1n) is 14.3. The molecular weight excluding hydrogens is 538 g/mol. The molecule has 1 amide bonds. The van der Waals surface area contributed by atoms with Crippen LogP contribution in [0.4, 0.5) is 17.1 Å². The van der Waals surface area contributed by atoms with E-state index in [2.05, 4.69) is 22.5 Å². The number of carbonyl (C=O) groups is 3. The van der Waals surface area contributed by atoms with Gasteiger partial charge >= 0.3 is 5.97 Å². The van der Waals surface area contributed by atoms with E-state index in [-0.39, 0.29) is 36.8 Å². The lowest BCUT2D eigenvalue weighted by Gasteiger charge is -2.34. The zero-order chi connectivity index (χ0) is 30.2. The molecule has 0 radical (unpaired) electrons. The first kappa shape index (κ1) is 29.2. The number of rotatable bonds is 9. The van der Waals surface area contributed by atoms with Crippen LogP contribution in [0.2, 0.25) is 0 Å². The van der Waals surface area contributed by atoms with Crippen LogP contribution in [0, 0.1) is 11.8 Å². The number of ketones is 1. The minimum Gasteiger partial charge on any atom is -0.466 e. The number of nitrogens with one attached hydrogen (secondary N) is 2. The van der Waals surface area contributed by atoms with Crippen molar-refractivity contribution in [2.75, 3.05) is 23.8 Å². The number of anilines is 3. The van der Waals surface area contributed by atoms with Gasteiger partial charge in [-0.3, -0.25) is 14.4 Å². The van der Waals surface area contributed by atoms with E-state index in [1.807, 2.05) is 79.7 Å². The van der Waals surface area contributed by atoms with Gasteiger partial charge in [0.05, 0.1) is 30.6 Å². The summed E-state index contributed by atoms with van der Waals surface area (Å²) in [5.41, 5.74) is 5.42. The highest BCUT2D eigenvalue weighted by Crippen LogP contribution is 2.30. The Labute approximate surface area is 251 Å². The molecular formula is C36H33N3O4. The number of aryl methyl sites for hydroxylation is 1. The van der Waals surface area contributed by atoms with Gasteiger partial charge < -0.3 is 20.3 Å². The van der Waals surface area contributed by atoms with Gasteiger partial charge in [-0.2, -0.15) is 0 Å². The van der Waals surface area contributed by atoms with E-state index in [0.29, 0.717) is 46.7 Å². The zero-order valence-electron chi connectivity index (χ0n) is 24.2. The van der Waals surface area contributed by atoms with E-state index in [9.17, 15) is 14.4 Å². The molecule has 1 atom stereocenters. The fraction of sp³-hybridized carbons (Fsp3) is 0.194. The number of ether oxygens (including phenoxy) is 1. The largest absolute Gasteiger partial charge is 0.466 e. The quantitative estimate of drug-likeness (QED) is 0.137. The van der Waals surface area contributed by atoms with Gasteiger partial charge in [-0.15, -0.1) is 0 Å². The minimum absolute atomic E-state index is 0.0777. The number of esters is 1. The number of para-hydroxylation sites is 3. The van der Waals surface area contributed by atoms with Crippen LogP contribution in [0.1, 0.15) is 57.7 Å². The van der Waals surface area contributed by atoms with Crippen molar-refractivity contribution in [3.63, 3.8) is 0 Å². The number of nitrogens with zero attached hydrogens (tertiary/aromatic N) is 1. The van der Waals surface area contributed by atoms with Crippen LogP contribution in [0.25, 0.3) is 0 Å². The summed E-state index contributed by atoms with van der Waals surface area (Å²) in [6.45, 7) is 4.25. The van der Waals surface area contributed by atoms with Crippen LogP contribution < -0.4 is 10.6 Å². The summed E-state index contributed by atoms with van der Waals surface area (Å²) in [7, 11) is 0. The number of hydrogen-bond donors (Lipinski definition) is 2. The van der Waals surface area contributed by atoms with Gasteiger partial charge in [0.25, 0.3) is 5.91 Å². The van der Waals surface area contributed by atoms with Crippen molar-refractivity contribution in [2.45, 2.75) is 32.9 Å². The highest BCUT2D eigenvalue weighted by molar-refractivity contribution is 6.12. The predicted molar refractivity (Wildman–Crippen MR) is 168 cm³/mol. The molecule has 1 unspecified atom stereocenters. The number of carbonyl (C=O) groups excluding carboxylic acids is 3. The van der Waals surface area contributed by atoms with Crippen LogP contribution in [0.15, 0.2) is 97.1 Å². The van der Waals surface area contributed by atoms with Crippen molar-refractivity contribution in [3.8, 4) is 11.8 Å². The van der Waals surface area contributed by atoms with Gasteiger partial charge in [0, 0.05) is 34.5 Å². The Morgan fingerprint density at radius 3 is 2.49 bits per heavy atom. The molecule has 7 nitrogen and oxygen atoms in total. The van der Waals surface area contributed by atoms with E-state index in [4.69, 9.17) is 4.74 Å². The summed E-state index contributed by atoms with van der Waals surface area (Å²) in [4.78, 5) is 40.5. The summed E-state index contributed by atoms with van der Waals surface area (Å²) < 4.78 is 5.15. The van der Waals surface area contributed by atoms with Crippen molar-refractivity contribution in [2.24, 2.45) is 0 Å². The molecule has 0 spiro atoms. The number of benzene rings is 4. The zero-order valence-corrected chi connectivity index (χ0v) is 24.2. The topological polar surface area (TPSA) is 87.7 Å². The van der Waals surface area contributed by atoms with Crippen LogP contribution in [-0.2, 0) is 16.0 Å². The van der Waals surface area contributed by atoms with Crippen LogP contribution in [0.5, 0.6) is 0 Å². The second-order valence-electron chi connectivity index (χ2n) is 10.1. The van der Waals surface area contributed by atoms with Gasteiger partial charge in [0.15, 0.2) is 5.78 Å². The summed E-state index contributed by atoms with van der Waals surface area (Å²) in [5.74, 6) is 5.96. The molecule has 0 fully saturated rings. The Bertz CT molecular complexity index is 1700. The van der Waals surface area contributed by atoms with E-state index in [1.165, 1.54) is 0 Å². The van der Waals surface area contributed by atoms with Crippen molar-refractivity contribution >= 4 is 34.7 Å². The highest BCUT2D eigenvalue weighted by Gasteiger charge is 2.28.